The molecule has 124 valence electrons. The molecule has 1 fully saturated rings. The summed E-state index contributed by atoms with van der Waals surface area (Å²) in [6.07, 6.45) is 2.12. The van der Waals surface area contributed by atoms with Crippen molar-refractivity contribution >= 4 is 0 Å². The zero-order chi connectivity index (χ0) is 16.2. The van der Waals surface area contributed by atoms with E-state index < -0.39 is 0 Å². The molecule has 1 saturated heterocycles. The zero-order valence-corrected chi connectivity index (χ0v) is 14.2. The van der Waals surface area contributed by atoms with E-state index >= 15 is 0 Å². The number of nitrogens with zero attached hydrogens (tertiary/aromatic N) is 3. The van der Waals surface area contributed by atoms with E-state index in [0.29, 0.717) is 0 Å². The number of hydrogen-bond acceptors (Lipinski definition) is 4. The molecule has 5 heteroatoms. The molecule has 1 aromatic carbocycles. The van der Waals surface area contributed by atoms with Crippen molar-refractivity contribution in [1.82, 2.24) is 20.0 Å². The maximum atomic E-state index is 5.81. The Labute approximate surface area is 138 Å². The molecule has 2 aromatic rings. The van der Waals surface area contributed by atoms with Crippen LogP contribution in [0, 0.1) is 6.92 Å². The monoisotopic (exact) mass is 314 g/mol. The lowest BCUT2D eigenvalue weighted by atomic mass is 10.0. The summed E-state index contributed by atoms with van der Waals surface area (Å²) in [6, 6.07) is 8.68. The fourth-order valence-electron chi connectivity index (χ4n) is 3.08. The maximum absolute atomic E-state index is 5.81. The Kier molecular flexibility index (Phi) is 5.10. The summed E-state index contributed by atoms with van der Waals surface area (Å²) in [6.45, 7) is 6.69. The number of aryl methyl sites for hydroxylation is 2. The Morgan fingerprint density at radius 3 is 2.91 bits per heavy atom. The third-order valence-corrected chi connectivity index (χ3v) is 4.39. The smallest absolute Gasteiger partial charge is 0.0826 e. The van der Waals surface area contributed by atoms with Gasteiger partial charge in [0.1, 0.15) is 0 Å². The highest BCUT2D eigenvalue weighted by Gasteiger charge is 2.17. The summed E-state index contributed by atoms with van der Waals surface area (Å²) in [4.78, 5) is 2.32. The van der Waals surface area contributed by atoms with Gasteiger partial charge in [-0.1, -0.05) is 17.7 Å². The van der Waals surface area contributed by atoms with Crippen LogP contribution < -0.4 is 5.32 Å². The average Bonchev–Trinajstić information content (AvgIpc) is 2.95. The molecule has 3 rings (SSSR count). The zero-order valence-electron chi connectivity index (χ0n) is 14.2. The van der Waals surface area contributed by atoms with Gasteiger partial charge in [0.2, 0.25) is 0 Å². The summed E-state index contributed by atoms with van der Waals surface area (Å²) in [5.74, 6) is 0. The first-order chi connectivity index (χ1) is 11.1. The van der Waals surface area contributed by atoms with Crippen molar-refractivity contribution in [2.45, 2.75) is 19.6 Å². The molecule has 1 N–H and O–H groups in total. The molecule has 1 unspecified atom stereocenters. The van der Waals surface area contributed by atoms with Crippen LogP contribution in [0.3, 0.4) is 0 Å². The second kappa shape index (κ2) is 7.25. The second-order valence-corrected chi connectivity index (χ2v) is 6.39. The first kappa shape index (κ1) is 16.2. The van der Waals surface area contributed by atoms with E-state index in [1.54, 1.807) is 0 Å². The van der Waals surface area contributed by atoms with Crippen LogP contribution in [0.25, 0.3) is 11.3 Å². The van der Waals surface area contributed by atoms with Gasteiger partial charge in [-0.2, -0.15) is 5.10 Å². The SMILES string of the molecule is Cc1ccc(CNCC2CN(C)CCO2)c(-c2ccnn2C)c1. The highest BCUT2D eigenvalue weighted by Crippen LogP contribution is 2.24. The van der Waals surface area contributed by atoms with Crippen LogP contribution in [-0.2, 0) is 18.3 Å². The van der Waals surface area contributed by atoms with E-state index in [1.807, 2.05) is 17.9 Å². The third-order valence-electron chi connectivity index (χ3n) is 4.39. The Morgan fingerprint density at radius 2 is 2.17 bits per heavy atom. The van der Waals surface area contributed by atoms with Crippen LogP contribution in [-0.4, -0.2) is 54.1 Å². The number of hydrogen-bond donors (Lipinski definition) is 1. The lowest BCUT2D eigenvalue weighted by molar-refractivity contribution is -0.0182. The molecule has 0 bridgehead atoms. The minimum Gasteiger partial charge on any atom is -0.374 e. The highest BCUT2D eigenvalue weighted by atomic mass is 16.5. The molecule has 23 heavy (non-hydrogen) atoms. The summed E-state index contributed by atoms with van der Waals surface area (Å²) in [7, 11) is 4.14. The fourth-order valence-corrected chi connectivity index (χ4v) is 3.08. The molecule has 1 atom stereocenters. The average molecular weight is 314 g/mol. The van der Waals surface area contributed by atoms with Crippen molar-refractivity contribution < 1.29 is 4.74 Å². The van der Waals surface area contributed by atoms with Crippen LogP contribution in [0.15, 0.2) is 30.5 Å². The summed E-state index contributed by atoms with van der Waals surface area (Å²) in [5.41, 5.74) is 4.96. The molecule has 2 heterocycles. The van der Waals surface area contributed by atoms with Gasteiger partial charge in [0, 0.05) is 45.0 Å². The van der Waals surface area contributed by atoms with E-state index in [4.69, 9.17) is 4.74 Å². The lowest BCUT2D eigenvalue weighted by Crippen LogP contribution is -2.44. The normalized spacial score (nSPS) is 19.2. The van der Waals surface area contributed by atoms with Gasteiger partial charge in [0.25, 0.3) is 0 Å². The maximum Gasteiger partial charge on any atom is 0.0826 e. The summed E-state index contributed by atoms with van der Waals surface area (Å²) < 4.78 is 7.74. The van der Waals surface area contributed by atoms with Crippen LogP contribution in [0.2, 0.25) is 0 Å². The predicted molar refractivity (Wildman–Crippen MR) is 92.3 cm³/mol. The van der Waals surface area contributed by atoms with Crippen LogP contribution >= 0.6 is 0 Å². The van der Waals surface area contributed by atoms with Gasteiger partial charge in [0.05, 0.1) is 18.4 Å². The molecule has 1 aliphatic heterocycles. The van der Waals surface area contributed by atoms with Crippen molar-refractivity contribution in [1.29, 1.82) is 0 Å². The number of benzene rings is 1. The number of aromatic nitrogens is 2. The Hall–Kier alpha value is -1.69. The molecule has 0 radical (unpaired) electrons. The lowest BCUT2D eigenvalue weighted by Gasteiger charge is -2.30. The van der Waals surface area contributed by atoms with E-state index in [9.17, 15) is 0 Å². The highest BCUT2D eigenvalue weighted by molar-refractivity contribution is 5.64. The Balaban J connectivity index is 1.67. The van der Waals surface area contributed by atoms with Crippen LogP contribution in [0.4, 0.5) is 0 Å². The van der Waals surface area contributed by atoms with E-state index in [1.165, 1.54) is 16.7 Å². The van der Waals surface area contributed by atoms with E-state index in [-0.39, 0.29) is 6.10 Å². The quantitative estimate of drug-likeness (QED) is 0.914. The largest absolute Gasteiger partial charge is 0.374 e. The summed E-state index contributed by atoms with van der Waals surface area (Å²) in [5, 5.41) is 7.85. The first-order valence-corrected chi connectivity index (χ1v) is 8.22. The van der Waals surface area contributed by atoms with Gasteiger partial charge in [-0.15, -0.1) is 0 Å². The molecule has 0 spiro atoms. The van der Waals surface area contributed by atoms with Crippen molar-refractivity contribution in [2.24, 2.45) is 7.05 Å². The third kappa shape index (κ3) is 3.99. The summed E-state index contributed by atoms with van der Waals surface area (Å²) >= 11 is 0. The molecule has 0 aliphatic carbocycles. The van der Waals surface area contributed by atoms with Gasteiger partial charge in [0.15, 0.2) is 0 Å². The van der Waals surface area contributed by atoms with Gasteiger partial charge in [-0.05, 0) is 31.7 Å². The molecule has 1 aromatic heterocycles. The van der Waals surface area contributed by atoms with Gasteiger partial charge in [-0.3, -0.25) is 4.68 Å². The first-order valence-electron chi connectivity index (χ1n) is 8.22. The number of ether oxygens (including phenoxy) is 1. The van der Waals surface area contributed by atoms with Crippen molar-refractivity contribution in [3.05, 3.63) is 41.6 Å². The van der Waals surface area contributed by atoms with Crippen LogP contribution in [0.5, 0.6) is 0 Å². The molecular weight excluding hydrogens is 288 g/mol. The Bertz CT molecular complexity index is 652. The Morgan fingerprint density at radius 1 is 1.30 bits per heavy atom. The van der Waals surface area contributed by atoms with E-state index in [2.05, 4.69) is 53.6 Å². The minimum atomic E-state index is 0.277. The van der Waals surface area contributed by atoms with Crippen LogP contribution in [0.1, 0.15) is 11.1 Å². The number of likely N-dealkylation sites (N-methyl/N-ethyl adjacent to an activating group) is 1. The molecule has 1 aliphatic rings. The molecule has 0 amide bonds. The molecule has 0 saturated carbocycles. The van der Waals surface area contributed by atoms with Crippen molar-refractivity contribution in [3.63, 3.8) is 0 Å². The number of nitrogens with one attached hydrogen (secondary N) is 1. The van der Waals surface area contributed by atoms with Crippen molar-refractivity contribution in [2.75, 3.05) is 33.3 Å². The van der Waals surface area contributed by atoms with Gasteiger partial charge < -0.3 is 15.0 Å². The standard InChI is InChI=1S/C18H26N4O/c1-14-4-5-15(17(10-14)18-6-7-20-22(18)3)11-19-12-16-13-21(2)8-9-23-16/h4-7,10,16,19H,8-9,11-13H2,1-3H3. The predicted octanol–water partition coefficient (Wildman–Crippen LogP) is 1.82. The second-order valence-electron chi connectivity index (χ2n) is 6.39. The van der Waals surface area contributed by atoms with Gasteiger partial charge >= 0.3 is 0 Å². The minimum absolute atomic E-state index is 0.277. The topological polar surface area (TPSA) is 42.3 Å². The molecular formula is C18H26N4O. The van der Waals surface area contributed by atoms with Crippen molar-refractivity contribution in [3.8, 4) is 11.3 Å². The van der Waals surface area contributed by atoms with E-state index in [0.717, 1.165) is 38.5 Å². The fraction of sp³-hybridized carbons (Fsp3) is 0.500. The number of rotatable bonds is 5. The molecule has 5 nitrogen and oxygen atoms in total. The number of morpholine rings is 1. The van der Waals surface area contributed by atoms with Gasteiger partial charge in [-0.25, -0.2) is 0 Å².